The van der Waals surface area contributed by atoms with Crippen molar-refractivity contribution < 1.29 is 0 Å². The van der Waals surface area contributed by atoms with Gasteiger partial charge in [-0.3, -0.25) is 0 Å². The van der Waals surface area contributed by atoms with Gasteiger partial charge >= 0.3 is 0 Å². The number of aryl methyl sites for hydroxylation is 2. The molecule has 106 valence electrons. The molecule has 0 aliphatic heterocycles. The van der Waals surface area contributed by atoms with Crippen molar-refractivity contribution in [2.75, 3.05) is 0 Å². The minimum absolute atomic E-state index is 0.548. The lowest BCUT2D eigenvalue weighted by Gasteiger charge is -2.35. The third-order valence-corrected chi connectivity index (χ3v) is 5.38. The van der Waals surface area contributed by atoms with Gasteiger partial charge in [-0.15, -0.1) is 0 Å². The number of hydrogen-bond acceptors (Lipinski definition) is 0. The molecular formula is C20H26. The molecule has 0 N–H and O–H groups in total. The van der Waals surface area contributed by atoms with Gasteiger partial charge in [-0.05, 0) is 78.3 Å². The molecule has 1 fully saturated rings. The molecule has 1 saturated carbocycles. The minimum atomic E-state index is 0.548. The van der Waals surface area contributed by atoms with E-state index >= 15 is 0 Å². The maximum Gasteiger partial charge on any atom is -0.0146 e. The second-order valence-electron chi connectivity index (χ2n) is 7.39. The Morgan fingerprint density at radius 1 is 0.950 bits per heavy atom. The van der Waals surface area contributed by atoms with Crippen molar-refractivity contribution >= 4 is 10.8 Å². The Morgan fingerprint density at radius 2 is 1.55 bits per heavy atom. The molecule has 0 aromatic heterocycles. The Morgan fingerprint density at radius 3 is 2.20 bits per heavy atom. The molecule has 3 rings (SSSR count). The summed E-state index contributed by atoms with van der Waals surface area (Å²) in [4.78, 5) is 0. The largest absolute Gasteiger partial charge is 0.0616 e. The molecule has 0 saturated heterocycles. The quantitative estimate of drug-likeness (QED) is 0.581. The standard InChI is InChI=1S/C20H26/c1-14-13-19(16-9-11-20(3,4)12-10-16)18-8-6-5-7-17(18)15(14)2/h5-8,13,16H,9-12H2,1-4H3. The highest BCUT2D eigenvalue weighted by Gasteiger charge is 2.28. The highest BCUT2D eigenvalue weighted by Crippen LogP contribution is 2.44. The van der Waals surface area contributed by atoms with Crippen molar-refractivity contribution in [3.63, 3.8) is 0 Å². The van der Waals surface area contributed by atoms with E-state index in [2.05, 4.69) is 58.0 Å². The summed E-state index contributed by atoms with van der Waals surface area (Å²) < 4.78 is 0. The van der Waals surface area contributed by atoms with Crippen LogP contribution in [0.15, 0.2) is 30.3 Å². The fourth-order valence-electron chi connectivity index (χ4n) is 3.74. The van der Waals surface area contributed by atoms with Crippen LogP contribution in [0.2, 0.25) is 0 Å². The molecule has 0 bridgehead atoms. The van der Waals surface area contributed by atoms with E-state index in [-0.39, 0.29) is 0 Å². The monoisotopic (exact) mass is 266 g/mol. The average molecular weight is 266 g/mol. The zero-order valence-electron chi connectivity index (χ0n) is 13.3. The molecule has 0 nitrogen and oxygen atoms in total. The molecule has 0 heterocycles. The van der Waals surface area contributed by atoms with Crippen LogP contribution in [0.3, 0.4) is 0 Å². The van der Waals surface area contributed by atoms with Crippen LogP contribution < -0.4 is 0 Å². The third kappa shape index (κ3) is 2.37. The van der Waals surface area contributed by atoms with Gasteiger partial charge in [0.25, 0.3) is 0 Å². The van der Waals surface area contributed by atoms with Crippen molar-refractivity contribution in [2.45, 2.75) is 59.3 Å². The molecular weight excluding hydrogens is 240 g/mol. The second-order valence-corrected chi connectivity index (χ2v) is 7.39. The lowest BCUT2D eigenvalue weighted by atomic mass is 9.70. The highest BCUT2D eigenvalue weighted by molar-refractivity contribution is 5.90. The third-order valence-electron chi connectivity index (χ3n) is 5.38. The van der Waals surface area contributed by atoms with Gasteiger partial charge in [-0.2, -0.15) is 0 Å². The van der Waals surface area contributed by atoms with Crippen LogP contribution in [0, 0.1) is 19.3 Å². The van der Waals surface area contributed by atoms with Crippen molar-refractivity contribution in [3.05, 3.63) is 47.0 Å². The minimum Gasteiger partial charge on any atom is -0.0616 e. The van der Waals surface area contributed by atoms with Gasteiger partial charge in [0.05, 0.1) is 0 Å². The molecule has 0 atom stereocenters. The summed E-state index contributed by atoms with van der Waals surface area (Å²) in [7, 11) is 0. The lowest BCUT2D eigenvalue weighted by Crippen LogP contribution is -2.20. The molecule has 0 heteroatoms. The fourth-order valence-corrected chi connectivity index (χ4v) is 3.74. The van der Waals surface area contributed by atoms with E-state index in [0.29, 0.717) is 5.41 Å². The van der Waals surface area contributed by atoms with Crippen LogP contribution in [0.5, 0.6) is 0 Å². The molecule has 2 aromatic rings. The van der Waals surface area contributed by atoms with Gasteiger partial charge in [0.2, 0.25) is 0 Å². The molecule has 1 aliphatic rings. The van der Waals surface area contributed by atoms with Gasteiger partial charge in [0, 0.05) is 0 Å². The summed E-state index contributed by atoms with van der Waals surface area (Å²) in [6.07, 6.45) is 5.41. The SMILES string of the molecule is Cc1cc(C2CCC(C)(C)CC2)c2ccccc2c1C. The average Bonchev–Trinajstić information content (AvgIpc) is 2.43. The Bertz CT molecular complexity index is 624. The van der Waals surface area contributed by atoms with E-state index in [1.54, 1.807) is 5.56 Å². The predicted molar refractivity (Wildman–Crippen MR) is 88.4 cm³/mol. The van der Waals surface area contributed by atoms with Crippen molar-refractivity contribution in [2.24, 2.45) is 5.41 Å². The molecule has 20 heavy (non-hydrogen) atoms. The summed E-state index contributed by atoms with van der Waals surface area (Å²) in [6.45, 7) is 9.35. The zero-order chi connectivity index (χ0) is 14.3. The van der Waals surface area contributed by atoms with Crippen LogP contribution in [-0.4, -0.2) is 0 Å². The second kappa shape index (κ2) is 4.91. The van der Waals surface area contributed by atoms with Crippen LogP contribution in [-0.2, 0) is 0 Å². The van der Waals surface area contributed by atoms with Gasteiger partial charge < -0.3 is 0 Å². The molecule has 2 aromatic carbocycles. The summed E-state index contributed by atoms with van der Waals surface area (Å²) in [5.74, 6) is 0.757. The molecule has 0 spiro atoms. The van der Waals surface area contributed by atoms with E-state index in [4.69, 9.17) is 0 Å². The van der Waals surface area contributed by atoms with Crippen molar-refractivity contribution in [1.29, 1.82) is 0 Å². The van der Waals surface area contributed by atoms with Crippen LogP contribution in [0.1, 0.15) is 62.1 Å². The van der Waals surface area contributed by atoms with Gasteiger partial charge in [0.1, 0.15) is 0 Å². The van der Waals surface area contributed by atoms with Crippen LogP contribution in [0.25, 0.3) is 10.8 Å². The first kappa shape index (κ1) is 13.7. The fraction of sp³-hybridized carbons (Fsp3) is 0.500. The van der Waals surface area contributed by atoms with E-state index in [0.717, 1.165) is 5.92 Å². The predicted octanol–water partition coefficient (Wildman–Crippen LogP) is 6.14. The molecule has 0 radical (unpaired) electrons. The van der Waals surface area contributed by atoms with Gasteiger partial charge in [-0.1, -0.05) is 44.2 Å². The Balaban J connectivity index is 2.06. The first-order valence-corrected chi connectivity index (χ1v) is 7.97. The Hall–Kier alpha value is -1.30. The topological polar surface area (TPSA) is 0 Å². The summed E-state index contributed by atoms with van der Waals surface area (Å²) in [5.41, 5.74) is 5.04. The van der Waals surface area contributed by atoms with Crippen molar-refractivity contribution in [3.8, 4) is 0 Å². The maximum absolute atomic E-state index is 2.46. The first-order valence-electron chi connectivity index (χ1n) is 7.97. The number of fused-ring (bicyclic) bond motifs is 1. The molecule has 1 aliphatic carbocycles. The summed E-state index contributed by atoms with van der Waals surface area (Å²) >= 11 is 0. The number of benzene rings is 2. The summed E-state index contributed by atoms with van der Waals surface area (Å²) in [6, 6.07) is 11.4. The zero-order valence-corrected chi connectivity index (χ0v) is 13.3. The summed E-state index contributed by atoms with van der Waals surface area (Å²) in [5, 5.41) is 2.94. The Labute approximate surface area is 123 Å². The first-order chi connectivity index (χ1) is 9.48. The molecule has 0 unspecified atom stereocenters. The Kier molecular flexibility index (Phi) is 3.36. The smallest absolute Gasteiger partial charge is 0.0146 e. The van der Waals surface area contributed by atoms with E-state index in [1.165, 1.54) is 47.6 Å². The van der Waals surface area contributed by atoms with E-state index in [1.807, 2.05) is 0 Å². The van der Waals surface area contributed by atoms with Gasteiger partial charge in [-0.25, -0.2) is 0 Å². The van der Waals surface area contributed by atoms with Crippen molar-refractivity contribution in [1.82, 2.24) is 0 Å². The number of rotatable bonds is 1. The highest BCUT2D eigenvalue weighted by atomic mass is 14.3. The van der Waals surface area contributed by atoms with Gasteiger partial charge in [0.15, 0.2) is 0 Å². The van der Waals surface area contributed by atoms with E-state index < -0.39 is 0 Å². The number of hydrogen-bond donors (Lipinski definition) is 0. The molecule has 0 amide bonds. The normalized spacial score (nSPS) is 19.4. The maximum atomic E-state index is 2.46. The van der Waals surface area contributed by atoms with Crippen LogP contribution >= 0.6 is 0 Å². The van der Waals surface area contributed by atoms with Crippen LogP contribution in [0.4, 0.5) is 0 Å². The lowest BCUT2D eigenvalue weighted by molar-refractivity contribution is 0.225. The van der Waals surface area contributed by atoms with E-state index in [9.17, 15) is 0 Å².